The third kappa shape index (κ3) is 2.49. The van der Waals surface area contributed by atoms with Gasteiger partial charge in [0.1, 0.15) is 6.54 Å². The van der Waals surface area contributed by atoms with Crippen LogP contribution in [0.4, 0.5) is 0 Å². The predicted octanol–water partition coefficient (Wildman–Crippen LogP) is 0.886. The molecule has 0 aliphatic carbocycles. The van der Waals surface area contributed by atoms with E-state index in [1.807, 2.05) is 12.1 Å². The van der Waals surface area contributed by atoms with Crippen LogP contribution in [0.5, 0.6) is 0 Å². The van der Waals surface area contributed by atoms with Gasteiger partial charge in [-0.1, -0.05) is 18.2 Å². The maximum atomic E-state index is 12.2. The van der Waals surface area contributed by atoms with E-state index in [0.717, 1.165) is 5.56 Å². The van der Waals surface area contributed by atoms with E-state index in [1.54, 1.807) is 35.4 Å². The summed E-state index contributed by atoms with van der Waals surface area (Å²) in [6.07, 6.45) is 5.20. The molecule has 2 N–H and O–H groups in total. The summed E-state index contributed by atoms with van der Waals surface area (Å²) in [6.45, 7) is 0.478. The molecule has 0 aromatic heterocycles. The highest BCUT2D eigenvalue weighted by Crippen LogP contribution is 2.17. The number of nitrogens with two attached hydrogens (primary N) is 1. The van der Waals surface area contributed by atoms with Crippen LogP contribution in [0.25, 0.3) is 0 Å². The fourth-order valence-corrected chi connectivity index (χ4v) is 2.23. The Balaban J connectivity index is 1.87. The number of fused-ring (bicyclic) bond motifs is 1. The van der Waals surface area contributed by atoms with Crippen molar-refractivity contribution in [1.82, 2.24) is 9.91 Å². The molecule has 1 aromatic rings. The Hall–Kier alpha value is -3.07. The molecule has 0 spiro atoms. The number of allylic oxidation sites excluding steroid dienone is 1. The Morgan fingerprint density at radius 3 is 2.95 bits per heavy atom. The zero-order valence-electron chi connectivity index (χ0n) is 11.2. The number of benzene rings is 1. The van der Waals surface area contributed by atoms with Gasteiger partial charge in [0.2, 0.25) is 0 Å². The summed E-state index contributed by atoms with van der Waals surface area (Å²) >= 11 is 0. The van der Waals surface area contributed by atoms with Crippen LogP contribution in [0.15, 0.2) is 53.4 Å². The number of hydrogen-bond donors (Lipinski definition) is 1. The lowest BCUT2D eigenvalue weighted by Gasteiger charge is -2.31. The second-order valence-electron chi connectivity index (χ2n) is 4.77. The van der Waals surface area contributed by atoms with Gasteiger partial charge in [-0.15, -0.1) is 0 Å². The van der Waals surface area contributed by atoms with Gasteiger partial charge in [0.15, 0.2) is 5.84 Å². The van der Waals surface area contributed by atoms with Crippen molar-refractivity contribution in [3.8, 4) is 6.07 Å². The molecule has 1 amide bonds. The summed E-state index contributed by atoms with van der Waals surface area (Å²) in [5.41, 5.74) is 7.62. The zero-order chi connectivity index (χ0) is 14.8. The molecule has 2 heterocycles. The SMILES string of the molecule is N#Cc1ccccc1CN1N=C2C=CC(N)=CN2CC1=O. The molecule has 6 nitrogen and oxygen atoms in total. The van der Waals surface area contributed by atoms with Crippen molar-refractivity contribution in [1.29, 1.82) is 5.26 Å². The van der Waals surface area contributed by atoms with Crippen LogP contribution in [0.1, 0.15) is 11.1 Å². The van der Waals surface area contributed by atoms with Crippen LogP contribution in [0, 0.1) is 11.3 Å². The van der Waals surface area contributed by atoms with Crippen LogP contribution < -0.4 is 5.73 Å². The number of rotatable bonds is 2. The first-order valence-corrected chi connectivity index (χ1v) is 6.46. The highest BCUT2D eigenvalue weighted by Gasteiger charge is 2.26. The van der Waals surface area contributed by atoms with Crippen LogP contribution in [-0.2, 0) is 11.3 Å². The zero-order valence-corrected chi connectivity index (χ0v) is 11.2. The molecule has 0 bridgehead atoms. The largest absolute Gasteiger partial charge is 0.398 e. The van der Waals surface area contributed by atoms with Gasteiger partial charge < -0.3 is 10.6 Å². The van der Waals surface area contributed by atoms with Crippen LogP contribution in [0.2, 0.25) is 0 Å². The summed E-state index contributed by atoms with van der Waals surface area (Å²) in [5.74, 6) is 0.532. The Kier molecular flexibility index (Phi) is 3.16. The minimum absolute atomic E-state index is 0.133. The van der Waals surface area contributed by atoms with Crippen molar-refractivity contribution in [2.24, 2.45) is 10.8 Å². The smallest absolute Gasteiger partial charge is 0.263 e. The van der Waals surface area contributed by atoms with E-state index in [0.29, 0.717) is 17.1 Å². The molecule has 6 heteroatoms. The number of amidine groups is 1. The maximum Gasteiger partial charge on any atom is 0.263 e. The second-order valence-corrected chi connectivity index (χ2v) is 4.77. The van der Waals surface area contributed by atoms with Gasteiger partial charge in [0.25, 0.3) is 5.91 Å². The molecule has 0 radical (unpaired) electrons. The van der Waals surface area contributed by atoms with Crippen molar-refractivity contribution in [3.63, 3.8) is 0 Å². The minimum Gasteiger partial charge on any atom is -0.398 e. The van der Waals surface area contributed by atoms with Crippen molar-refractivity contribution >= 4 is 11.7 Å². The van der Waals surface area contributed by atoms with E-state index in [4.69, 9.17) is 11.0 Å². The summed E-state index contributed by atoms with van der Waals surface area (Å²) in [4.78, 5) is 13.9. The van der Waals surface area contributed by atoms with E-state index < -0.39 is 0 Å². The first kappa shape index (κ1) is 12.9. The molecular weight excluding hydrogens is 266 g/mol. The molecule has 2 aliphatic heterocycles. The highest BCUT2D eigenvalue weighted by atomic mass is 16.2. The predicted molar refractivity (Wildman–Crippen MR) is 77.3 cm³/mol. The summed E-state index contributed by atoms with van der Waals surface area (Å²) in [6, 6.07) is 9.32. The van der Waals surface area contributed by atoms with Gasteiger partial charge in [-0.25, -0.2) is 5.01 Å². The molecule has 3 rings (SSSR count). The van der Waals surface area contributed by atoms with E-state index >= 15 is 0 Å². The molecule has 0 unspecified atom stereocenters. The van der Waals surface area contributed by atoms with E-state index in [-0.39, 0.29) is 19.0 Å². The van der Waals surface area contributed by atoms with E-state index in [1.165, 1.54) is 5.01 Å². The number of nitrogens with zero attached hydrogens (tertiary/aromatic N) is 4. The standard InChI is InChI=1S/C15H13N5O/c16-7-11-3-1-2-4-12(11)8-20-15(21)10-19-9-13(17)5-6-14(19)18-20/h1-6,9H,8,10,17H2. The minimum atomic E-state index is -0.133. The van der Waals surface area contributed by atoms with Gasteiger partial charge in [0, 0.05) is 11.9 Å². The summed E-state index contributed by atoms with van der Waals surface area (Å²) in [7, 11) is 0. The van der Waals surface area contributed by atoms with Gasteiger partial charge in [-0.05, 0) is 23.8 Å². The summed E-state index contributed by atoms with van der Waals surface area (Å²) in [5, 5.41) is 14.8. The van der Waals surface area contributed by atoms with E-state index in [9.17, 15) is 4.79 Å². The molecule has 0 saturated carbocycles. The van der Waals surface area contributed by atoms with Crippen LogP contribution in [-0.4, -0.2) is 28.2 Å². The number of hydrazone groups is 1. The third-order valence-electron chi connectivity index (χ3n) is 3.30. The van der Waals surface area contributed by atoms with Gasteiger partial charge in [-0.2, -0.15) is 10.4 Å². The Bertz CT molecular complexity index is 726. The number of hydrogen-bond acceptors (Lipinski definition) is 5. The molecular formula is C15H13N5O. The fourth-order valence-electron chi connectivity index (χ4n) is 2.23. The van der Waals surface area contributed by atoms with Gasteiger partial charge >= 0.3 is 0 Å². The number of nitriles is 1. The number of carbonyl (C=O) groups excluding carboxylic acids is 1. The maximum absolute atomic E-state index is 12.2. The Labute approximate surface area is 122 Å². The molecule has 2 aliphatic rings. The van der Waals surface area contributed by atoms with Gasteiger partial charge in [0.05, 0.1) is 18.2 Å². The van der Waals surface area contributed by atoms with E-state index in [2.05, 4.69) is 11.2 Å². The molecule has 0 saturated heterocycles. The molecule has 1 aromatic carbocycles. The topological polar surface area (TPSA) is 85.7 Å². The average molecular weight is 279 g/mol. The normalized spacial score (nSPS) is 17.0. The van der Waals surface area contributed by atoms with Crippen molar-refractivity contribution in [2.45, 2.75) is 6.54 Å². The quantitative estimate of drug-likeness (QED) is 0.871. The highest BCUT2D eigenvalue weighted by molar-refractivity contribution is 6.00. The Morgan fingerprint density at radius 1 is 1.33 bits per heavy atom. The molecule has 104 valence electrons. The first-order valence-electron chi connectivity index (χ1n) is 6.46. The lowest BCUT2D eigenvalue weighted by Crippen LogP contribution is -2.45. The molecule has 0 fully saturated rings. The fraction of sp³-hybridized carbons (Fsp3) is 0.133. The lowest BCUT2D eigenvalue weighted by atomic mass is 10.1. The van der Waals surface area contributed by atoms with Crippen molar-refractivity contribution < 1.29 is 4.79 Å². The van der Waals surface area contributed by atoms with Gasteiger partial charge in [-0.3, -0.25) is 4.79 Å². The molecule has 0 atom stereocenters. The van der Waals surface area contributed by atoms with Crippen molar-refractivity contribution in [3.05, 3.63) is 59.4 Å². The summed E-state index contributed by atoms with van der Waals surface area (Å²) < 4.78 is 0. The van der Waals surface area contributed by atoms with Crippen molar-refractivity contribution in [2.75, 3.05) is 6.54 Å². The molecule has 21 heavy (non-hydrogen) atoms. The number of carbonyl (C=O) groups is 1. The van der Waals surface area contributed by atoms with Crippen LogP contribution >= 0.6 is 0 Å². The first-order chi connectivity index (χ1) is 10.2. The Morgan fingerprint density at radius 2 is 2.14 bits per heavy atom. The number of amides is 1. The third-order valence-corrected chi connectivity index (χ3v) is 3.30. The van der Waals surface area contributed by atoms with Crippen LogP contribution in [0.3, 0.4) is 0 Å². The lowest BCUT2D eigenvalue weighted by molar-refractivity contribution is -0.132. The second kappa shape index (κ2) is 5.13. The average Bonchev–Trinajstić information content (AvgIpc) is 2.49. The monoisotopic (exact) mass is 279 g/mol.